The lowest BCUT2D eigenvalue weighted by Gasteiger charge is -2.29. The smallest absolute Gasteiger partial charge is 0.251 e. The molecular weight excluding hydrogens is 319 g/mol. The number of carbonyl (C=O) groups is 1. The molecule has 0 aromatic heterocycles. The summed E-state index contributed by atoms with van der Waals surface area (Å²) in [6, 6.07) is 12.2. The first-order valence-electron chi connectivity index (χ1n) is 8.57. The minimum Gasteiger partial charge on any atom is -0.390 e. The van der Waals surface area contributed by atoms with Crippen LogP contribution in [0.25, 0.3) is 0 Å². The van der Waals surface area contributed by atoms with Crippen molar-refractivity contribution >= 4 is 5.91 Å². The lowest BCUT2D eigenvalue weighted by molar-refractivity contribution is 0.0764. The minimum atomic E-state index is -0.587. The van der Waals surface area contributed by atoms with Crippen molar-refractivity contribution in [3.63, 3.8) is 0 Å². The number of benzene rings is 2. The Morgan fingerprint density at radius 3 is 2.88 bits per heavy atom. The van der Waals surface area contributed by atoms with E-state index in [4.69, 9.17) is 0 Å². The molecule has 1 heterocycles. The van der Waals surface area contributed by atoms with E-state index in [9.17, 15) is 14.3 Å². The third-order valence-electron chi connectivity index (χ3n) is 4.66. The Morgan fingerprint density at radius 2 is 2.12 bits per heavy atom. The van der Waals surface area contributed by atoms with Crippen molar-refractivity contribution in [1.29, 1.82) is 0 Å². The zero-order chi connectivity index (χ0) is 17.8. The molecule has 4 nitrogen and oxygen atoms in total. The summed E-state index contributed by atoms with van der Waals surface area (Å²) in [5, 5.41) is 16.0. The van der Waals surface area contributed by atoms with Gasteiger partial charge < -0.3 is 15.7 Å². The molecule has 0 bridgehead atoms. The molecular formula is C20H23FN2O2. The molecule has 1 aliphatic heterocycles. The molecule has 132 valence electrons. The average Bonchev–Trinajstić information content (AvgIpc) is 2.60. The molecule has 0 aliphatic carbocycles. The Morgan fingerprint density at radius 1 is 1.32 bits per heavy atom. The predicted octanol–water partition coefficient (Wildman–Crippen LogP) is 2.18. The van der Waals surface area contributed by atoms with Crippen LogP contribution >= 0.6 is 0 Å². The maximum atomic E-state index is 13.8. The van der Waals surface area contributed by atoms with Crippen molar-refractivity contribution in [3.05, 3.63) is 70.5 Å². The summed E-state index contributed by atoms with van der Waals surface area (Å²) in [4.78, 5) is 12.7. The Kier molecular flexibility index (Phi) is 5.46. The van der Waals surface area contributed by atoms with Crippen LogP contribution in [0.5, 0.6) is 0 Å². The number of carbonyl (C=O) groups excluding carboxylic acids is 1. The van der Waals surface area contributed by atoms with Crippen molar-refractivity contribution in [2.75, 3.05) is 13.1 Å². The Hall–Kier alpha value is -2.24. The fraction of sp³-hybridized carbons (Fsp3) is 0.350. The van der Waals surface area contributed by atoms with Crippen molar-refractivity contribution in [1.82, 2.24) is 10.6 Å². The molecule has 1 amide bonds. The third kappa shape index (κ3) is 4.24. The van der Waals surface area contributed by atoms with Gasteiger partial charge in [-0.05, 0) is 55.1 Å². The maximum absolute atomic E-state index is 13.8. The van der Waals surface area contributed by atoms with Crippen molar-refractivity contribution in [2.45, 2.75) is 31.9 Å². The SMILES string of the molecule is Cc1ccc(Cc2ccccc2C(=O)N[C@@H]2CCNC[C@H]2O)cc1F. The number of amides is 1. The van der Waals surface area contributed by atoms with Gasteiger partial charge in [0, 0.05) is 12.1 Å². The topological polar surface area (TPSA) is 61.4 Å². The molecule has 1 aliphatic rings. The van der Waals surface area contributed by atoms with Gasteiger partial charge in [-0.25, -0.2) is 4.39 Å². The van der Waals surface area contributed by atoms with Gasteiger partial charge in [-0.2, -0.15) is 0 Å². The highest BCUT2D eigenvalue weighted by molar-refractivity contribution is 5.96. The summed E-state index contributed by atoms with van der Waals surface area (Å²) < 4.78 is 13.8. The monoisotopic (exact) mass is 342 g/mol. The van der Waals surface area contributed by atoms with Crippen LogP contribution in [0.3, 0.4) is 0 Å². The molecule has 1 fully saturated rings. The first kappa shape index (κ1) is 17.6. The number of aliphatic hydroxyl groups is 1. The summed E-state index contributed by atoms with van der Waals surface area (Å²) in [5.74, 6) is -0.439. The average molecular weight is 342 g/mol. The van der Waals surface area contributed by atoms with Crippen LogP contribution in [-0.2, 0) is 6.42 Å². The van der Waals surface area contributed by atoms with Gasteiger partial charge in [-0.3, -0.25) is 4.79 Å². The van der Waals surface area contributed by atoms with Gasteiger partial charge in [-0.15, -0.1) is 0 Å². The first-order chi connectivity index (χ1) is 12.0. The highest BCUT2D eigenvalue weighted by Gasteiger charge is 2.25. The predicted molar refractivity (Wildman–Crippen MR) is 95.1 cm³/mol. The summed E-state index contributed by atoms with van der Waals surface area (Å²) in [6.07, 6.45) is 0.587. The van der Waals surface area contributed by atoms with Crippen LogP contribution in [-0.4, -0.2) is 36.2 Å². The van der Waals surface area contributed by atoms with E-state index in [0.29, 0.717) is 30.5 Å². The molecule has 2 aromatic carbocycles. The largest absolute Gasteiger partial charge is 0.390 e. The fourth-order valence-corrected chi connectivity index (χ4v) is 3.12. The van der Waals surface area contributed by atoms with Gasteiger partial charge in [0.25, 0.3) is 5.91 Å². The van der Waals surface area contributed by atoms with Crippen LogP contribution in [0.1, 0.15) is 33.5 Å². The summed E-state index contributed by atoms with van der Waals surface area (Å²) >= 11 is 0. The molecule has 2 aromatic rings. The molecule has 25 heavy (non-hydrogen) atoms. The zero-order valence-corrected chi connectivity index (χ0v) is 14.3. The minimum absolute atomic E-state index is 0.200. The van der Waals surface area contributed by atoms with Gasteiger partial charge in [0.1, 0.15) is 5.82 Å². The van der Waals surface area contributed by atoms with E-state index in [1.807, 2.05) is 24.3 Å². The van der Waals surface area contributed by atoms with Crippen LogP contribution in [0.4, 0.5) is 4.39 Å². The summed E-state index contributed by atoms with van der Waals surface area (Å²) in [6.45, 7) is 2.98. The van der Waals surface area contributed by atoms with Crippen molar-refractivity contribution in [3.8, 4) is 0 Å². The maximum Gasteiger partial charge on any atom is 0.251 e. The van der Waals surface area contributed by atoms with E-state index >= 15 is 0 Å². The number of β-amino-alcohol motifs (C(OH)–C–C–N with tert-alkyl or cyclic N) is 1. The summed E-state index contributed by atoms with van der Waals surface area (Å²) in [7, 11) is 0. The molecule has 5 heteroatoms. The molecule has 3 rings (SSSR count). The van der Waals surface area contributed by atoms with Crippen LogP contribution in [0, 0.1) is 12.7 Å². The number of nitrogens with one attached hydrogen (secondary N) is 2. The van der Waals surface area contributed by atoms with Gasteiger partial charge in [0.15, 0.2) is 0 Å². The Balaban J connectivity index is 1.77. The molecule has 2 atom stereocenters. The van der Waals surface area contributed by atoms with E-state index in [2.05, 4.69) is 10.6 Å². The van der Waals surface area contributed by atoms with Gasteiger partial charge in [-0.1, -0.05) is 30.3 Å². The van der Waals surface area contributed by atoms with Gasteiger partial charge in [0.2, 0.25) is 0 Å². The molecule has 0 saturated carbocycles. The lowest BCUT2D eigenvalue weighted by atomic mass is 9.97. The number of halogens is 1. The van der Waals surface area contributed by atoms with E-state index in [1.165, 1.54) is 6.07 Å². The summed E-state index contributed by atoms with van der Waals surface area (Å²) in [5.41, 5.74) is 2.83. The number of piperidine rings is 1. The van der Waals surface area contributed by atoms with Crippen molar-refractivity contribution in [2.24, 2.45) is 0 Å². The number of hydrogen-bond acceptors (Lipinski definition) is 3. The van der Waals surface area contributed by atoms with Gasteiger partial charge in [0.05, 0.1) is 12.1 Å². The lowest BCUT2D eigenvalue weighted by Crippen LogP contribution is -2.52. The molecule has 0 spiro atoms. The highest BCUT2D eigenvalue weighted by Crippen LogP contribution is 2.17. The number of rotatable bonds is 4. The number of aryl methyl sites for hydroxylation is 1. The Bertz CT molecular complexity index is 763. The van der Waals surface area contributed by atoms with Gasteiger partial charge >= 0.3 is 0 Å². The number of hydrogen-bond donors (Lipinski definition) is 3. The molecule has 3 N–H and O–H groups in total. The fourth-order valence-electron chi connectivity index (χ4n) is 3.12. The van der Waals surface area contributed by atoms with Crippen LogP contribution < -0.4 is 10.6 Å². The normalized spacial score (nSPS) is 20.3. The second kappa shape index (κ2) is 7.76. The standard InChI is InChI=1S/C20H23FN2O2/c1-13-6-7-14(11-17(13)21)10-15-4-2-3-5-16(15)20(25)23-18-8-9-22-12-19(18)24/h2-7,11,18-19,22,24H,8-10,12H2,1H3,(H,23,25)/t18-,19-/m1/s1. The van der Waals surface area contributed by atoms with Crippen molar-refractivity contribution < 1.29 is 14.3 Å². The second-order valence-electron chi connectivity index (χ2n) is 6.56. The molecule has 0 radical (unpaired) electrons. The third-order valence-corrected chi connectivity index (χ3v) is 4.66. The Labute approximate surface area is 147 Å². The zero-order valence-electron chi connectivity index (χ0n) is 14.3. The molecule has 0 unspecified atom stereocenters. The van der Waals surface area contributed by atoms with E-state index in [-0.39, 0.29) is 17.8 Å². The van der Waals surface area contributed by atoms with Crippen LogP contribution in [0.15, 0.2) is 42.5 Å². The first-order valence-corrected chi connectivity index (χ1v) is 8.57. The number of aliphatic hydroxyl groups excluding tert-OH is 1. The van der Waals surface area contributed by atoms with E-state index < -0.39 is 6.10 Å². The van der Waals surface area contributed by atoms with E-state index in [1.54, 1.807) is 19.1 Å². The quantitative estimate of drug-likeness (QED) is 0.798. The molecule has 1 saturated heterocycles. The van der Waals surface area contributed by atoms with E-state index in [0.717, 1.165) is 17.7 Å². The highest BCUT2D eigenvalue weighted by atomic mass is 19.1. The second-order valence-corrected chi connectivity index (χ2v) is 6.56. The van der Waals surface area contributed by atoms with Crippen LogP contribution in [0.2, 0.25) is 0 Å².